The molecule has 0 fully saturated rings. The molecule has 0 spiro atoms. The highest BCUT2D eigenvalue weighted by Gasteiger charge is 2.32. The SMILES string of the molecule is Cc1ccc2nc(CC(=O)C(c3ccccc3)S(=O)(=O)O)sc2c1. The van der Waals surface area contributed by atoms with Crippen LogP contribution in [-0.2, 0) is 21.3 Å². The van der Waals surface area contributed by atoms with E-state index in [9.17, 15) is 17.8 Å². The molecule has 0 aliphatic heterocycles. The number of hydrogen-bond donors (Lipinski definition) is 1. The van der Waals surface area contributed by atoms with Gasteiger partial charge in [0.1, 0.15) is 5.01 Å². The summed E-state index contributed by atoms with van der Waals surface area (Å²) >= 11 is 1.35. The monoisotopic (exact) mass is 361 g/mol. The van der Waals surface area contributed by atoms with Crippen molar-refractivity contribution in [2.75, 3.05) is 0 Å². The minimum Gasteiger partial charge on any atom is -0.297 e. The Kier molecular flexibility index (Phi) is 4.49. The van der Waals surface area contributed by atoms with Crippen molar-refractivity contribution in [2.45, 2.75) is 18.6 Å². The van der Waals surface area contributed by atoms with Gasteiger partial charge in [0.15, 0.2) is 11.0 Å². The number of ketones is 1. The van der Waals surface area contributed by atoms with Crippen molar-refractivity contribution < 1.29 is 17.8 Å². The van der Waals surface area contributed by atoms with E-state index in [1.54, 1.807) is 18.2 Å². The molecule has 0 bridgehead atoms. The van der Waals surface area contributed by atoms with E-state index < -0.39 is 21.2 Å². The van der Waals surface area contributed by atoms with Crippen molar-refractivity contribution >= 4 is 37.5 Å². The van der Waals surface area contributed by atoms with Crippen LogP contribution in [0.2, 0.25) is 0 Å². The Labute approximate surface area is 143 Å². The molecule has 1 atom stereocenters. The molecule has 0 aliphatic rings. The number of hydrogen-bond acceptors (Lipinski definition) is 5. The molecule has 5 nitrogen and oxygen atoms in total. The number of rotatable bonds is 5. The van der Waals surface area contributed by atoms with Crippen LogP contribution in [0.15, 0.2) is 48.5 Å². The maximum absolute atomic E-state index is 12.5. The van der Waals surface area contributed by atoms with Crippen molar-refractivity contribution in [3.63, 3.8) is 0 Å². The molecule has 3 aromatic rings. The first-order valence-corrected chi connectivity index (χ1v) is 9.56. The summed E-state index contributed by atoms with van der Waals surface area (Å²) < 4.78 is 33.8. The number of aromatic nitrogens is 1. The second-order valence-corrected chi connectivity index (χ2v) is 8.14. The van der Waals surface area contributed by atoms with Crippen LogP contribution >= 0.6 is 11.3 Å². The van der Waals surface area contributed by atoms with E-state index in [-0.39, 0.29) is 12.0 Å². The van der Waals surface area contributed by atoms with Crippen LogP contribution in [0, 0.1) is 6.92 Å². The van der Waals surface area contributed by atoms with Crippen LogP contribution in [0.25, 0.3) is 10.2 Å². The highest BCUT2D eigenvalue weighted by molar-refractivity contribution is 7.86. The maximum Gasteiger partial charge on any atom is 0.279 e. The van der Waals surface area contributed by atoms with Gasteiger partial charge >= 0.3 is 0 Å². The fraction of sp³-hybridized carbons (Fsp3) is 0.176. The normalized spacial score (nSPS) is 13.1. The van der Waals surface area contributed by atoms with E-state index in [2.05, 4.69) is 4.98 Å². The highest BCUT2D eigenvalue weighted by atomic mass is 32.2. The molecule has 3 rings (SSSR count). The van der Waals surface area contributed by atoms with Crippen molar-refractivity contribution in [3.05, 3.63) is 64.7 Å². The Morgan fingerprint density at radius 3 is 2.58 bits per heavy atom. The molecule has 0 radical (unpaired) electrons. The summed E-state index contributed by atoms with van der Waals surface area (Å²) in [6, 6.07) is 13.8. The summed E-state index contributed by atoms with van der Waals surface area (Å²) in [4.78, 5) is 16.9. The molecule has 1 aromatic heterocycles. The average molecular weight is 361 g/mol. The quantitative estimate of drug-likeness (QED) is 0.705. The zero-order chi connectivity index (χ0) is 17.3. The Morgan fingerprint density at radius 2 is 1.92 bits per heavy atom. The molecule has 2 aromatic carbocycles. The van der Waals surface area contributed by atoms with Gasteiger partial charge in [0.05, 0.1) is 16.6 Å². The first kappa shape index (κ1) is 16.8. The lowest BCUT2D eigenvalue weighted by atomic mass is 10.1. The molecule has 1 heterocycles. The molecule has 1 N–H and O–H groups in total. The maximum atomic E-state index is 12.5. The molecule has 0 amide bonds. The summed E-state index contributed by atoms with van der Waals surface area (Å²) in [6.07, 6.45) is -0.141. The fourth-order valence-corrected chi connectivity index (χ4v) is 4.54. The smallest absolute Gasteiger partial charge is 0.279 e. The predicted molar refractivity (Wildman–Crippen MR) is 93.8 cm³/mol. The lowest BCUT2D eigenvalue weighted by Crippen LogP contribution is -2.23. The Morgan fingerprint density at radius 1 is 1.21 bits per heavy atom. The van der Waals surface area contributed by atoms with Crippen molar-refractivity contribution in [3.8, 4) is 0 Å². The van der Waals surface area contributed by atoms with Crippen LogP contribution in [0.3, 0.4) is 0 Å². The van der Waals surface area contributed by atoms with Crippen LogP contribution < -0.4 is 0 Å². The lowest BCUT2D eigenvalue weighted by Gasteiger charge is -2.12. The van der Waals surface area contributed by atoms with E-state index in [0.717, 1.165) is 15.8 Å². The van der Waals surface area contributed by atoms with Crippen LogP contribution in [0.4, 0.5) is 0 Å². The summed E-state index contributed by atoms with van der Waals surface area (Å²) in [5, 5.41) is -1.06. The van der Waals surface area contributed by atoms with Crippen molar-refractivity contribution in [2.24, 2.45) is 0 Å². The molecule has 24 heavy (non-hydrogen) atoms. The average Bonchev–Trinajstić information content (AvgIpc) is 2.88. The summed E-state index contributed by atoms with van der Waals surface area (Å²) in [5.41, 5.74) is 2.11. The van der Waals surface area contributed by atoms with Crippen molar-refractivity contribution in [1.82, 2.24) is 4.98 Å². The number of nitrogens with zero attached hydrogens (tertiary/aromatic N) is 1. The topological polar surface area (TPSA) is 84.3 Å². The van der Waals surface area contributed by atoms with E-state index in [0.29, 0.717) is 5.01 Å². The van der Waals surface area contributed by atoms with Crippen LogP contribution in [0.5, 0.6) is 0 Å². The molecular formula is C17H15NO4S2. The van der Waals surface area contributed by atoms with Crippen LogP contribution in [-0.4, -0.2) is 23.7 Å². The van der Waals surface area contributed by atoms with Gasteiger partial charge in [0.2, 0.25) is 0 Å². The van der Waals surface area contributed by atoms with Gasteiger partial charge in [0, 0.05) is 0 Å². The number of fused-ring (bicyclic) bond motifs is 1. The van der Waals surface area contributed by atoms with Crippen molar-refractivity contribution in [1.29, 1.82) is 0 Å². The van der Waals surface area contributed by atoms with Gasteiger partial charge in [-0.25, -0.2) is 4.98 Å². The fourth-order valence-electron chi connectivity index (χ4n) is 2.55. The van der Waals surface area contributed by atoms with Gasteiger partial charge < -0.3 is 0 Å². The molecule has 124 valence electrons. The summed E-state index contributed by atoms with van der Waals surface area (Å²) in [6.45, 7) is 1.97. The summed E-state index contributed by atoms with van der Waals surface area (Å²) in [5.74, 6) is -0.598. The zero-order valence-electron chi connectivity index (χ0n) is 12.8. The number of Topliss-reactive ketones (excluding diaryl/α,β-unsaturated/α-hetero) is 1. The largest absolute Gasteiger partial charge is 0.297 e. The first-order chi connectivity index (χ1) is 11.3. The predicted octanol–water partition coefficient (Wildman–Crippen LogP) is 3.35. The van der Waals surface area contributed by atoms with Gasteiger partial charge in [-0.05, 0) is 30.2 Å². The minimum absolute atomic E-state index is 0.141. The number of thiazole rings is 1. The first-order valence-electron chi connectivity index (χ1n) is 7.24. The molecule has 0 aliphatic carbocycles. The minimum atomic E-state index is -4.55. The van der Waals surface area contributed by atoms with E-state index in [1.807, 2.05) is 25.1 Å². The third-order valence-corrected chi connectivity index (χ3v) is 5.76. The van der Waals surface area contributed by atoms with Gasteiger partial charge in [-0.15, -0.1) is 11.3 Å². The zero-order valence-corrected chi connectivity index (χ0v) is 14.5. The van der Waals surface area contributed by atoms with Crippen LogP contribution in [0.1, 0.15) is 21.4 Å². The third-order valence-electron chi connectivity index (χ3n) is 3.61. The Hall–Kier alpha value is -2.09. The standard InChI is InChI=1S/C17H15NO4S2/c1-11-7-8-13-15(9-11)23-16(18-13)10-14(19)17(24(20,21)22)12-5-3-2-4-6-12/h2-9,17H,10H2,1H3,(H,20,21,22). The summed E-state index contributed by atoms with van der Waals surface area (Å²) in [7, 11) is -4.55. The highest BCUT2D eigenvalue weighted by Crippen LogP contribution is 2.28. The molecule has 1 unspecified atom stereocenters. The number of carbonyl (C=O) groups excluding carboxylic acids is 1. The van der Waals surface area contributed by atoms with E-state index >= 15 is 0 Å². The molecule has 0 saturated carbocycles. The van der Waals surface area contributed by atoms with Gasteiger partial charge in [0.25, 0.3) is 10.1 Å². The van der Waals surface area contributed by atoms with Gasteiger partial charge in [-0.3, -0.25) is 9.35 Å². The number of benzene rings is 2. The Bertz CT molecular complexity index is 994. The van der Waals surface area contributed by atoms with Gasteiger partial charge in [-0.2, -0.15) is 8.42 Å². The second-order valence-electron chi connectivity index (χ2n) is 5.53. The number of aryl methyl sites for hydroxylation is 1. The van der Waals surface area contributed by atoms with Gasteiger partial charge in [-0.1, -0.05) is 36.4 Å². The lowest BCUT2D eigenvalue weighted by molar-refractivity contribution is -0.118. The second kappa shape index (κ2) is 6.43. The molecule has 7 heteroatoms. The number of carbonyl (C=O) groups is 1. The molecule has 0 saturated heterocycles. The Balaban J connectivity index is 1.93. The van der Waals surface area contributed by atoms with E-state index in [1.165, 1.54) is 23.5 Å². The van der Waals surface area contributed by atoms with E-state index in [4.69, 9.17) is 0 Å². The molecular weight excluding hydrogens is 346 g/mol. The third kappa shape index (κ3) is 3.53.